The van der Waals surface area contributed by atoms with Crippen LogP contribution in [0.2, 0.25) is 0 Å². The van der Waals surface area contributed by atoms with Crippen molar-refractivity contribution < 1.29 is 27.4 Å². The fraction of sp³-hybridized carbons (Fsp3) is 0.222. The number of hydrogen-bond donors (Lipinski definition) is 3. The second kappa shape index (κ2) is 7.56. The van der Waals surface area contributed by atoms with Crippen molar-refractivity contribution in [1.29, 1.82) is 5.26 Å². The van der Waals surface area contributed by atoms with Gasteiger partial charge in [-0.3, -0.25) is 4.79 Å². The topological polar surface area (TPSA) is 133 Å². The Balaban J connectivity index is 1.97. The molecule has 9 nitrogen and oxygen atoms in total. The maximum atomic E-state index is 13.5. The number of carbonyl (C=O) groups is 1. The molecule has 0 aliphatic carbocycles. The molecule has 0 saturated carbocycles. The number of fused-ring (bicyclic) bond motifs is 1. The lowest BCUT2D eigenvalue weighted by molar-refractivity contribution is 0.101. The summed E-state index contributed by atoms with van der Waals surface area (Å²) in [6.45, 7) is -0.309. The van der Waals surface area contributed by atoms with Gasteiger partial charge in [0.1, 0.15) is 29.5 Å². The molecule has 0 unspecified atom stereocenters. The molecule has 11 heteroatoms. The number of benzene rings is 1. The van der Waals surface area contributed by atoms with E-state index >= 15 is 0 Å². The van der Waals surface area contributed by atoms with E-state index in [1.165, 1.54) is 23.9 Å². The van der Waals surface area contributed by atoms with Crippen LogP contribution in [0.25, 0.3) is 0 Å². The van der Waals surface area contributed by atoms with E-state index in [0.717, 1.165) is 12.1 Å². The van der Waals surface area contributed by atoms with Gasteiger partial charge in [-0.15, -0.1) is 6.42 Å². The molecule has 1 aromatic carbocycles. The molecule has 1 aliphatic rings. The first-order valence-electron chi connectivity index (χ1n) is 8.17. The highest BCUT2D eigenvalue weighted by Gasteiger charge is 2.36. The zero-order valence-corrected chi connectivity index (χ0v) is 15.8. The third-order valence-corrected chi connectivity index (χ3v) is 5.70. The van der Waals surface area contributed by atoms with Crippen LogP contribution in [-0.4, -0.2) is 42.8 Å². The van der Waals surface area contributed by atoms with Crippen LogP contribution in [0, 0.1) is 29.5 Å². The highest BCUT2D eigenvalue weighted by Crippen LogP contribution is 2.33. The Bertz CT molecular complexity index is 1180. The normalized spacial score (nSPS) is 18.3. The minimum absolute atomic E-state index is 0.121. The van der Waals surface area contributed by atoms with E-state index in [1.54, 1.807) is 6.07 Å². The van der Waals surface area contributed by atoms with Crippen molar-refractivity contribution in [2.24, 2.45) is 7.05 Å². The van der Waals surface area contributed by atoms with Crippen LogP contribution in [0.5, 0.6) is 5.75 Å². The smallest absolute Gasteiger partial charge is 0.276 e. The van der Waals surface area contributed by atoms with Gasteiger partial charge in [-0.1, -0.05) is 5.92 Å². The molecule has 2 atom stereocenters. The Hall–Kier alpha value is -3.38. The van der Waals surface area contributed by atoms with Gasteiger partial charge in [0, 0.05) is 18.9 Å². The largest absolute Gasteiger partial charge is 0.488 e. The second-order valence-electron chi connectivity index (χ2n) is 6.19. The van der Waals surface area contributed by atoms with E-state index < -0.39 is 33.9 Å². The van der Waals surface area contributed by atoms with Crippen molar-refractivity contribution in [3.63, 3.8) is 0 Å². The zero-order chi connectivity index (χ0) is 21.3. The average Bonchev–Trinajstić information content (AvgIpc) is 2.96. The molecule has 3 rings (SSSR count). The summed E-state index contributed by atoms with van der Waals surface area (Å²) in [5, 5.41) is 21.2. The molecule has 150 valence electrons. The summed E-state index contributed by atoms with van der Waals surface area (Å²) in [5.41, 5.74) is -0.246. The molecule has 29 heavy (non-hydrogen) atoms. The molecule has 1 aliphatic heterocycles. The van der Waals surface area contributed by atoms with E-state index in [9.17, 15) is 22.7 Å². The van der Waals surface area contributed by atoms with Gasteiger partial charge in [-0.05, 0) is 18.2 Å². The molecule has 0 saturated heterocycles. The van der Waals surface area contributed by atoms with Gasteiger partial charge in [-0.25, -0.2) is 17.5 Å². The predicted molar refractivity (Wildman–Crippen MR) is 98.9 cm³/mol. The molecule has 2 aromatic rings. The zero-order valence-electron chi connectivity index (χ0n) is 15.0. The van der Waals surface area contributed by atoms with Gasteiger partial charge < -0.3 is 19.7 Å². The number of sulfonamides is 1. The van der Waals surface area contributed by atoms with Crippen LogP contribution >= 0.6 is 0 Å². The van der Waals surface area contributed by atoms with Crippen LogP contribution < -0.4 is 14.8 Å². The fourth-order valence-corrected chi connectivity index (χ4v) is 4.21. The van der Waals surface area contributed by atoms with E-state index in [-0.39, 0.29) is 34.2 Å². The van der Waals surface area contributed by atoms with Gasteiger partial charge in [0.15, 0.2) is 11.4 Å². The molecule has 2 heterocycles. The first-order chi connectivity index (χ1) is 13.7. The van der Waals surface area contributed by atoms with Crippen molar-refractivity contribution in [2.75, 3.05) is 11.9 Å². The van der Waals surface area contributed by atoms with Gasteiger partial charge in [0.25, 0.3) is 5.91 Å². The number of halogens is 1. The van der Waals surface area contributed by atoms with E-state index in [1.807, 2.05) is 5.92 Å². The van der Waals surface area contributed by atoms with E-state index in [4.69, 9.17) is 16.4 Å². The Morgan fingerprint density at radius 1 is 1.55 bits per heavy atom. The quantitative estimate of drug-likeness (QED) is 0.615. The molecule has 3 N–H and O–H groups in total. The number of carbonyl (C=O) groups excluding carboxylic acids is 1. The number of aromatic nitrogens is 1. The van der Waals surface area contributed by atoms with Crippen molar-refractivity contribution >= 4 is 21.6 Å². The number of aryl methyl sites for hydroxylation is 1. The van der Waals surface area contributed by atoms with Crippen LogP contribution in [0.15, 0.2) is 29.3 Å². The molecular weight excluding hydrogens is 403 g/mol. The number of aliphatic hydroxyl groups excluding tert-OH is 1. The predicted octanol–water partition coefficient (Wildman–Crippen LogP) is 0.322. The number of ether oxygens (including phenoxy) is 1. The Morgan fingerprint density at radius 3 is 2.93 bits per heavy atom. The number of nitriles is 1. The second-order valence-corrected chi connectivity index (χ2v) is 7.88. The molecule has 0 fully saturated rings. The summed E-state index contributed by atoms with van der Waals surface area (Å²) in [7, 11) is -2.69. The average molecular weight is 418 g/mol. The molecule has 1 aromatic heterocycles. The lowest BCUT2D eigenvalue weighted by Crippen LogP contribution is -2.44. The number of nitrogens with zero attached hydrogens (tertiary/aromatic N) is 2. The summed E-state index contributed by atoms with van der Waals surface area (Å²) in [6.07, 6.45) is 4.89. The molecule has 0 radical (unpaired) electrons. The van der Waals surface area contributed by atoms with Crippen LogP contribution in [0.1, 0.15) is 16.1 Å². The summed E-state index contributed by atoms with van der Waals surface area (Å²) >= 11 is 0. The number of nitrogens with one attached hydrogen (secondary N) is 2. The maximum absolute atomic E-state index is 13.5. The summed E-state index contributed by atoms with van der Waals surface area (Å²) in [5.74, 6) is 0.328. The standard InChI is InChI=1S/C18H15FN4O5S/c1-3-14(24)13-9-28-17-15(29(26,27)22-13)8-23(2)16(17)18(25)21-11-4-5-12(19)10(6-11)7-20/h1,4-6,8,13-14,22,24H,9H2,2H3,(H,21,25)/t13-,14+/m0/s1. The number of amides is 1. The first-order valence-corrected chi connectivity index (χ1v) is 9.66. The minimum atomic E-state index is -4.13. The van der Waals surface area contributed by atoms with Gasteiger partial charge >= 0.3 is 0 Å². The van der Waals surface area contributed by atoms with Gasteiger partial charge in [0.2, 0.25) is 10.0 Å². The van der Waals surface area contributed by atoms with Crippen LogP contribution in [0.3, 0.4) is 0 Å². The summed E-state index contributed by atoms with van der Waals surface area (Å²) in [4.78, 5) is 12.5. The van der Waals surface area contributed by atoms with Crippen molar-refractivity contribution in [2.45, 2.75) is 17.0 Å². The monoisotopic (exact) mass is 418 g/mol. The van der Waals surface area contributed by atoms with E-state index in [2.05, 4.69) is 10.0 Å². The number of anilines is 1. The lowest BCUT2D eigenvalue weighted by atomic mass is 10.2. The van der Waals surface area contributed by atoms with Crippen LogP contribution in [0.4, 0.5) is 10.1 Å². The molecule has 0 spiro atoms. The summed E-state index contributed by atoms with van der Waals surface area (Å²) < 4.78 is 47.7. The number of rotatable bonds is 3. The van der Waals surface area contributed by atoms with Gasteiger partial charge in [0.05, 0.1) is 11.6 Å². The Labute approximate surface area is 165 Å². The first kappa shape index (κ1) is 20.4. The Kier molecular flexibility index (Phi) is 5.31. The third kappa shape index (κ3) is 3.79. The van der Waals surface area contributed by atoms with Gasteiger partial charge in [-0.2, -0.15) is 5.26 Å². The van der Waals surface area contributed by atoms with Crippen molar-refractivity contribution in [1.82, 2.24) is 9.29 Å². The highest BCUT2D eigenvalue weighted by atomic mass is 32.2. The van der Waals surface area contributed by atoms with Crippen LogP contribution in [-0.2, 0) is 17.1 Å². The SMILES string of the molecule is C#C[C@@H](O)[C@@H]1COc2c(cn(C)c2C(=O)Nc2ccc(F)c(C#N)c2)S(=O)(=O)N1. The number of aliphatic hydroxyl groups is 1. The fourth-order valence-electron chi connectivity index (χ4n) is 2.79. The number of terminal acetylenes is 1. The third-order valence-electron chi connectivity index (χ3n) is 4.22. The van der Waals surface area contributed by atoms with E-state index in [0.29, 0.717) is 0 Å². The lowest BCUT2D eigenvalue weighted by Gasteiger charge is -2.17. The molecular formula is C18H15FN4O5S. The number of hydrogen-bond acceptors (Lipinski definition) is 6. The highest BCUT2D eigenvalue weighted by molar-refractivity contribution is 7.89. The minimum Gasteiger partial charge on any atom is -0.488 e. The molecule has 1 amide bonds. The Morgan fingerprint density at radius 2 is 2.28 bits per heavy atom. The molecule has 0 bridgehead atoms. The maximum Gasteiger partial charge on any atom is 0.276 e. The summed E-state index contributed by atoms with van der Waals surface area (Å²) in [6, 6.07) is 3.99. The van der Waals surface area contributed by atoms with Crippen molar-refractivity contribution in [3.05, 3.63) is 41.5 Å². The van der Waals surface area contributed by atoms with Crippen molar-refractivity contribution in [3.8, 4) is 24.2 Å².